The van der Waals surface area contributed by atoms with E-state index >= 15 is 0 Å². The summed E-state index contributed by atoms with van der Waals surface area (Å²) in [7, 11) is 0. The van der Waals surface area contributed by atoms with E-state index in [2.05, 4.69) is 11.4 Å². The average molecular weight is 381 g/mol. The Morgan fingerprint density at radius 2 is 2.00 bits per heavy atom. The summed E-state index contributed by atoms with van der Waals surface area (Å²) in [5.41, 5.74) is -0.889. The van der Waals surface area contributed by atoms with E-state index in [1.807, 2.05) is 4.90 Å². The Kier molecular flexibility index (Phi) is 5.33. The van der Waals surface area contributed by atoms with Gasteiger partial charge in [0.15, 0.2) is 6.54 Å². The zero-order valence-electron chi connectivity index (χ0n) is 15.3. The lowest BCUT2D eigenvalue weighted by Gasteiger charge is -2.34. The Morgan fingerprint density at radius 3 is 2.56 bits per heavy atom. The molecule has 2 fully saturated rings. The van der Waals surface area contributed by atoms with E-state index in [1.54, 1.807) is 13.0 Å². The van der Waals surface area contributed by atoms with Gasteiger partial charge >= 0.3 is 6.18 Å². The zero-order valence-corrected chi connectivity index (χ0v) is 15.3. The van der Waals surface area contributed by atoms with Gasteiger partial charge in [-0.25, -0.2) is 0 Å². The van der Waals surface area contributed by atoms with Crippen LogP contribution >= 0.6 is 0 Å². The number of piperazine rings is 1. The van der Waals surface area contributed by atoms with E-state index in [9.17, 15) is 23.2 Å². The maximum Gasteiger partial charge on any atom is 0.416 e. The molecule has 1 saturated carbocycles. The fourth-order valence-corrected chi connectivity index (χ4v) is 3.58. The lowest BCUT2D eigenvalue weighted by molar-refractivity contribution is -0.892. The van der Waals surface area contributed by atoms with Crippen molar-refractivity contribution in [1.29, 1.82) is 5.26 Å². The molecule has 1 atom stereocenters. The molecule has 2 aliphatic rings. The van der Waals surface area contributed by atoms with E-state index < -0.39 is 17.3 Å². The molecule has 1 saturated heterocycles. The number of nitriles is 1. The molecular formula is C19H24F3N4O+. The highest BCUT2D eigenvalue weighted by molar-refractivity contribution is 5.78. The van der Waals surface area contributed by atoms with Crippen molar-refractivity contribution in [1.82, 2.24) is 5.32 Å². The van der Waals surface area contributed by atoms with Crippen LogP contribution in [0.5, 0.6) is 0 Å². The van der Waals surface area contributed by atoms with Gasteiger partial charge in [0, 0.05) is 5.69 Å². The summed E-state index contributed by atoms with van der Waals surface area (Å²) >= 11 is 0. The van der Waals surface area contributed by atoms with Crippen molar-refractivity contribution in [3.63, 3.8) is 0 Å². The van der Waals surface area contributed by atoms with Crippen molar-refractivity contribution < 1.29 is 22.9 Å². The van der Waals surface area contributed by atoms with Crippen LogP contribution in [0, 0.1) is 17.2 Å². The fourth-order valence-electron chi connectivity index (χ4n) is 3.58. The normalized spacial score (nSPS) is 20.6. The maximum atomic E-state index is 12.9. The van der Waals surface area contributed by atoms with E-state index in [-0.39, 0.29) is 18.4 Å². The topological polar surface area (TPSA) is 60.6 Å². The summed E-state index contributed by atoms with van der Waals surface area (Å²) in [4.78, 5) is 15.3. The minimum absolute atomic E-state index is 0.145. The summed E-state index contributed by atoms with van der Waals surface area (Å²) < 4.78 is 38.6. The highest BCUT2D eigenvalue weighted by Gasteiger charge is 2.43. The Morgan fingerprint density at radius 1 is 1.33 bits per heavy atom. The van der Waals surface area contributed by atoms with Gasteiger partial charge in [0.2, 0.25) is 0 Å². The summed E-state index contributed by atoms with van der Waals surface area (Å²) in [6.45, 7) is 4.54. The number of hydrogen-bond donors (Lipinski definition) is 2. The van der Waals surface area contributed by atoms with Crippen molar-refractivity contribution >= 4 is 11.6 Å². The molecule has 1 amide bonds. The molecule has 0 bridgehead atoms. The average Bonchev–Trinajstić information content (AvgIpc) is 3.47. The van der Waals surface area contributed by atoms with Crippen LogP contribution < -0.4 is 15.1 Å². The quantitative estimate of drug-likeness (QED) is 0.806. The molecule has 1 aromatic carbocycles. The Bertz CT molecular complexity index is 733. The van der Waals surface area contributed by atoms with Crippen LogP contribution in [-0.2, 0) is 11.0 Å². The minimum Gasteiger partial charge on any atom is -0.360 e. The molecule has 1 aromatic rings. The van der Waals surface area contributed by atoms with E-state index in [4.69, 9.17) is 0 Å². The second-order valence-electron chi connectivity index (χ2n) is 7.60. The van der Waals surface area contributed by atoms with Crippen LogP contribution in [-0.4, -0.2) is 44.2 Å². The summed E-state index contributed by atoms with van der Waals surface area (Å²) in [6, 6.07) is 7.56. The summed E-state index contributed by atoms with van der Waals surface area (Å²) in [6.07, 6.45) is -2.42. The van der Waals surface area contributed by atoms with Crippen molar-refractivity contribution in [3.05, 3.63) is 29.8 Å². The molecule has 0 unspecified atom stereocenters. The van der Waals surface area contributed by atoms with Gasteiger partial charge in [0.1, 0.15) is 5.54 Å². The molecular weight excluding hydrogens is 357 g/mol. The Hall–Kier alpha value is -2.27. The van der Waals surface area contributed by atoms with Crippen LogP contribution in [0.3, 0.4) is 0 Å². The van der Waals surface area contributed by atoms with Crippen LogP contribution in [0.2, 0.25) is 0 Å². The first-order chi connectivity index (χ1) is 12.7. The van der Waals surface area contributed by atoms with Crippen molar-refractivity contribution in [2.75, 3.05) is 37.6 Å². The number of hydrogen-bond acceptors (Lipinski definition) is 3. The molecule has 1 heterocycles. The van der Waals surface area contributed by atoms with Gasteiger partial charge in [-0.3, -0.25) is 4.79 Å². The number of benzene rings is 1. The van der Waals surface area contributed by atoms with Crippen molar-refractivity contribution in [3.8, 4) is 6.07 Å². The number of rotatable bonds is 5. The minimum atomic E-state index is -4.35. The molecule has 146 valence electrons. The van der Waals surface area contributed by atoms with E-state index in [0.29, 0.717) is 31.9 Å². The monoisotopic (exact) mass is 381 g/mol. The first kappa shape index (κ1) is 19.5. The van der Waals surface area contributed by atoms with Crippen molar-refractivity contribution in [2.45, 2.75) is 31.5 Å². The number of anilines is 1. The van der Waals surface area contributed by atoms with Gasteiger partial charge in [-0.2, -0.15) is 18.4 Å². The third-order valence-electron chi connectivity index (χ3n) is 5.44. The molecule has 27 heavy (non-hydrogen) atoms. The number of halogens is 3. The first-order valence-corrected chi connectivity index (χ1v) is 9.19. The second-order valence-corrected chi connectivity index (χ2v) is 7.60. The molecule has 0 radical (unpaired) electrons. The first-order valence-electron chi connectivity index (χ1n) is 9.19. The Labute approximate surface area is 156 Å². The fraction of sp³-hybridized carbons (Fsp3) is 0.579. The van der Waals surface area contributed by atoms with Gasteiger partial charge in [-0.15, -0.1) is 0 Å². The number of carbonyl (C=O) groups excluding carboxylic acids is 1. The van der Waals surface area contributed by atoms with Gasteiger partial charge in [0.25, 0.3) is 5.91 Å². The lowest BCUT2D eigenvalue weighted by Crippen LogP contribution is -3.16. The molecule has 0 aromatic heterocycles. The summed E-state index contributed by atoms with van der Waals surface area (Å²) in [5, 5.41) is 12.2. The number of carbonyl (C=O) groups is 1. The van der Waals surface area contributed by atoms with Crippen LogP contribution in [0.4, 0.5) is 18.9 Å². The third kappa shape index (κ3) is 4.72. The van der Waals surface area contributed by atoms with Gasteiger partial charge in [-0.1, -0.05) is 6.07 Å². The van der Waals surface area contributed by atoms with Crippen LogP contribution in [0.15, 0.2) is 24.3 Å². The molecule has 3 rings (SSSR count). The number of nitrogens with zero attached hydrogens (tertiary/aromatic N) is 2. The molecule has 2 N–H and O–H groups in total. The third-order valence-corrected chi connectivity index (χ3v) is 5.44. The second kappa shape index (κ2) is 7.39. The maximum absolute atomic E-state index is 12.9. The van der Waals surface area contributed by atoms with E-state index in [1.165, 1.54) is 12.1 Å². The predicted molar refractivity (Wildman–Crippen MR) is 94.1 cm³/mol. The standard InChI is InChI=1S/C19H23F3N4O/c1-18(13-23,14-5-6-14)24-17(27)12-25-7-9-26(10-8-25)16-4-2-3-15(11-16)19(20,21)22/h2-4,11,14H,5-10,12H2,1H3,(H,24,27)/p+1/t18-/m1/s1. The number of alkyl halides is 3. The number of quaternary nitrogens is 1. The molecule has 8 heteroatoms. The smallest absolute Gasteiger partial charge is 0.360 e. The summed E-state index contributed by atoms with van der Waals surface area (Å²) in [5.74, 6) is 0.0904. The van der Waals surface area contributed by atoms with E-state index in [0.717, 1.165) is 23.8 Å². The number of nitrogens with one attached hydrogen (secondary N) is 2. The molecule has 0 spiro atoms. The molecule has 5 nitrogen and oxygen atoms in total. The number of amides is 1. The van der Waals surface area contributed by atoms with Crippen LogP contribution in [0.25, 0.3) is 0 Å². The van der Waals surface area contributed by atoms with Crippen LogP contribution in [0.1, 0.15) is 25.3 Å². The zero-order chi connectivity index (χ0) is 19.7. The van der Waals surface area contributed by atoms with Gasteiger partial charge < -0.3 is 15.1 Å². The SMILES string of the molecule is C[C@](C#N)(NC(=O)C[NH+]1CCN(c2cccc(C(F)(F)F)c2)CC1)C1CC1. The predicted octanol–water partition coefficient (Wildman–Crippen LogP) is 1.22. The van der Waals surface area contributed by atoms with Gasteiger partial charge in [-0.05, 0) is 43.9 Å². The molecule has 1 aliphatic carbocycles. The Balaban J connectivity index is 1.52. The van der Waals surface area contributed by atoms with Crippen molar-refractivity contribution in [2.24, 2.45) is 5.92 Å². The molecule has 1 aliphatic heterocycles. The van der Waals surface area contributed by atoms with Gasteiger partial charge in [0.05, 0.1) is 37.8 Å². The largest absolute Gasteiger partial charge is 0.416 e. The highest BCUT2D eigenvalue weighted by atomic mass is 19.4. The highest BCUT2D eigenvalue weighted by Crippen LogP contribution is 2.39. The lowest BCUT2D eigenvalue weighted by atomic mass is 9.98.